The second-order valence-electron chi connectivity index (χ2n) is 3.90. The van der Waals surface area contributed by atoms with Gasteiger partial charge in [0.25, 0.3) is 0 Å². The molecule has 0 aliphatic rings. The Hall–Kier alpha value is -0.380. The molecule has 0 aromatic carbocycles. The smallest absolute Gasteiger partial charge is 0.0705 e. The Kier molecular flexibility index (Phi) is 9.89. The van der Waals surface area contributed by atoms with E-state index in [1.54, 1.807) is 0 Å². The van der Waals surface area contributed by atoms with Crippen LogP contribution in [0, 0.1) is 0 Å². The van der Waals surface area contributed by atoms with E-state index in [0.717, 1.165) is 25.1 Å². The van der Waals surface area contributed by atoms with E-state index in [4.69, 9.17) is 9.47 Å². The molecular weight excluding hydrogens is 190 g/mol. The normalized spacial score (nSPS) is 10.9. The van der Waals surface area contributed by atoms with E-state index in [1.807, 2.05) is 13.8 Å². The van der Waals surface area contributed by atoms with Crippen molar-refractivity contribution in [1.82, 2.24) is 5.32 Å². The molecule has 0 unspecified atom stereocenters. The standard InChI is InChI=1S/C12H25NO2/c1-5-6-13-9-12(4)10-14-7-8-15-11(2)3/h11,13H,4-10H2,1-3H3. The molecule has 0 saturated heterocycles. The van der Waals surface area contributed by atoms with Gasteiger partial charge in [0.1, 0.15) is 0 Å². The van der Waals surface area contributed by atoms with Crippen molar-refractivity contribution in [3.63, 3.8) is 0 Å². The fraction of sp³-hybridized carbons (Fsp3) is 0.833. The van der Waals surface area contributed by atoms with Crippen LogP contribution in [-0.4, -0.2) is 39.0 Å². The lowest BCUT2D eigenvalue weighted by molar-refractivity contribution is 0.0252. The van der Waals surface area contributed by atoms with Gasteiger partial charge in [-0.25, -0.2) is 0 Å². The predicted molar refractivity (Wildman–Crippen MR) is 64.2 cm³/mol. The van der Waals surface area contributed by atoms with Crippen molar-refractivity contribution in [3.8, 4) is 0 Å². The van der Waals surface area contributed by atoms with Crippen molar-refractivity contribution in [2.24, 2.45) is 0 Å². The fourth-order valence-electron chi connectivity index (χ4n) is 1.05. The van der Waals surface area contributed by atoms with Crippen LogP contribution in [0.25, 0.3) is 0 Å². The lowest BCUT2D eigenvalue weighted by Gasteiger charge is -2.10. The second kappa shape index (κ2) is 10.1. The van der Waals surface area contributed by atoms with E-state index >= 15 is 0 Å². The van der Waals surface area contributed by atoms with Gasteiger partial charge in [0, 0.05) is 6.54 Å². The molecule has 15 heavy (non-hydrogen) atoms. The van der Waals surface area contributed by atoms with Gasteiger partial charge >= 0.3 is 0 Å². The molecule has 0 saturated carbocycles. The van der Waals surface area contributed by atoms with Crippen LogP contribution in [0.5, 0.6) is 0 Å². The van der Waals surface area contributed by atoms with Gasteiger partial charge in [0.2, 0.25) is 0 Å². The summed E-state index contributed by atoms with van der Waals surface area (Å²) in [6.07, 6.45) is 1.43. The Bertz CT molecular complexity index is 158. The van der Waals surface area contributed by atoms with Crippen LogP contribution in [0.15, 0.2) is 12.2 Å². The average Bonchev–Trinajstić information content (AvgIpc) is 2.17. The van der Waals surface area contributed by atoms with Crippen LogP contribution >= 0.6 is 0 Å². The minimum absolute atomic E-state index is 0.281. The molecule has 0 radical (unpaired) electrons. The Morgan fingerprint density at radius 3 is 2.67 bits per heavy atom. The third kappa shape index (κ3) is 11.5. The van der Waals surface area contributed by atoms with Gasteiger partial charge in [-0.15, -0.1) is 0 Å². The summed E-state index contributed by atoms with van der Waals surface area (Å²) in [5, 5.41) is 3.28. The minimum atomic E-state index is 0.281. The van der Waals surface area contributed by atoms with E-state index in [0.29, 0.717) is 19.8 Å². The molecule has 0 aliphatic heterocycles. The highest BCUT2D eigenvalue weighted by atomic mass is 16.5. The summed E-state index contributed by atoms with van der Waals surface area (Å²) in [7, 11) is 0. The van der Waals surface area contributed by atoms with E-state index in [2.05, 4.69) is 18.8 Å². The quantitative estimate of drug-likeness (QED) is 0.446. The lowest BCUT2D eigenvalue weighted by atomic mass is 10.3. The number of hydrogen-bond acceptors (Lipinski definition) is 3. The summed E-state index contributed by atoms with van der Waals surface area (Å²) in [4.78, 5) is 0. The van der Waals surface area contributed by atoms with Crippen LogP contribution in [0.4, 0.5) is 0 Å². The first kappa shape index (κ1) is 14.6. The number of rotatable bonds is 10. The maximum Gasteiger partial charge on any atom is 0.0705 e. The third-order valence-corrected chi connectivity index (χ3v) is 1.79. The maximum atomic E-state index is 5.41. The Morgan fingerprint density at radius 1 is 1.33 bits per heavy atom. The van der Waals surface area contributed by atoms with E-state index in [9.17, 15) is 0 Å². The summed E-state index contributed by atoms with van der Waals surface area (Å²) in [6, 6.07) is 0. The van der Waals surface area contributed by atoms with Gasteiger partial charge in [-0.1, -0.05) is 13.5 Å². The van der Waals surface area contributed by atoms with Crippen LogP contribution in [0.1, 0.15) is 27.2 Å². The molecule has 3 nitrogen and oxygen atoms in total. The molecule has 0 amide bonds. The second-order valence-corrected chi connectivity index (χ2v) is 3.90. The summed E-state index contributed by atoms with van der Waals surface area (Å²) in [5.41, 5.74) is 1.09. The molecule has 0 aromatic heterocycles. The highest BCUT2D eigenvalue weighted by Crippen LogP contribution is 1.92. The molecule has 0 bridgehead atoms. The highest BCUT2D eigenvalue weighted by molar-refractivity contribution is 4.96. The van der Waals surface area contributed by atoms with Gasteiger partial charge < -0.3 is 14.8 Å². The Morgan fingerprint density at radius 2 is 2.07 bits per heavy atom. The van der Waals surface area contributed by atoms with Crippen LogP contribution in [0.3, 0.4) is 0 Å². The zero-order valence-electron chi connectivity index (χ0n) is 10.3. The van der Waals surface area contributed by atoms with E-state index in [-0.39, 0.29) is 6.10 Å². The van der Waals surface area contributed by atoms with Crippen LogP contribution in [0.2, 0.25) is 0 Å². The number of nitrogens with one attached hydrogen (secondary N) is 1. The summed E-state index contributed by atoms with van der Waals surface area (Å²) < 4.78 is 10.8. The SMILES string of the molecule is C=C(CNCCC)COCCOC(C)C. The molecule has 0 atom stereocenters. The summed E-state index contributed by atoms with van der Waals surface area (Å²) in [6.45, 7) is 13.9. The first-order chi connectivity index (χ1) is 7.16. The van der Waals surface area contributed by atoms with Gasteiger partial charge in [-0.05, 0) is 32.4 Å². The number of ether oxygens (including phenoxy) is 2. The predicted octanol–water partition coefficient (Wildman–Crippen LogP) is 1.98. The monoisotopic (exact) mass is 215 g/mol. The average molecular weight is 215 g/mol. The number of hydrogen-bond donors (Lipinski definition) is 1. The first-order valence-electron chi connectivity index (χ1n) is 5.73. The van der Waals surface area contributed by atoms with Crippen molar-refractivity contribution in [2.45, 2.75) is 33.3 Å². The molecule has 90 valence electrons. The zero-order chi connectivity index (χ0) is 11.5. The van der Waals surface area contributed by atoms with Gasteiger partial charge in [0.15, 0.2) is 0 Å². The van der Waals surface area contributed by atoms with Crippen LogP contribution < -0.4 is 5.32 Å². The van der Waals surface area contributed by atoms with Crippen molar-refractivity contribution in [1.29, 1.82) is 0 Å². The highest BCUT2D eigenvalue weighted by Gasteiger charge is 1.96. The molecular formula is C12H25NO2. The molecule has 1 N–H and O–H groups in total. The first-order valence-corrected chi connectivity index (χ1v) is 5.73. The van der Waals surface area contributed by atoms with Gasteiger partial charge in [0.05, 0.1) is 25.9 Å². The molecule has 0 fully saturated rings. The lowest BCUT2D eigenvalue weighted by Crippen LogP contribution is -2.20. The van der Waals surface area contributed by atoms with Crippen molar-refractivity contribution in [2.75, 3.05) is 32.9 Å². The van der Waals surface area contributed by atoms with Crippen molar-refractivity contribution in [3.05, 3.63) is 12.2 Å². The van der Waals surface area contributed by atoms with Gasteiger partial charge in [-0.2, -0.15) is 0 Å². The molecule has 0 heterocycles. The van der Waals surface area contributed by atoms with E-state index < -0.39 is 0 Å². The van der Waals surface area contributed by atoms with Crippen LogP contribution in [-0.2, 0) is 9.47 Å². The Labute approximate surface area is 93.8 Å². The third-order valence-electron chi connectivity index (χ3n) is 1.79. The minimum Gasteiger partial charge on any atom is -0.376 e. The summed E-state index contributed by atoms with van der Waals surface area (Å²) in [5.74, 6) is 0. The van der Waals surface area contributed by atoms with Crippen molar-refractivity contribution < 1.29 is 9.47 Å². The molecule has 0 rings (SSSR count). The van der Waals surface area contributed by atoms with Gasteiger partial charge in [-0.3, -0.25) is 0 Å². The topological polar surface area (TPSA) is 30.5 Å². The van der Waals surface area contributed by atoms with E-state index in [1.165, 1.54) is 0 Å². The summed E-state index contributed by atoms with van der Waals surface area (Å²) >= 11 is 0. The Balaban J connectivity index is 3.17. The molecule has 0 spiro atoms. The molecule has 3 heteroatoms. The maximum absolute atomic E-state index is 5.41. The zero-order valence-corrected chi connectivity index (χ0v) is 10.3. The van der Waals surface area contributed by atoms with Crippen molar-refractivity contribution >= 4 is 0 Å². The largest absolute Gasteiger partial charge is 0.376 e. The molecule has 0 aliphatic carbocycles. The fourth-order valence-corrected chi connectivity index (χ4v) is 1.05. The molecule has 0 aromatic rings.